The second-order valence-electron chi connectivity index (χ2n) is 8.23. The number of anilines is 2. The van der Waals surface area contributed by atoms with Crippen LogP contribution in [0.4, 0.5) is 11.5 Å². The zero-order chi connectivity index (χ0) is 22.1. The molecule has 31 heavy (non-hydrogen) atoms. The van der Waals surface area contributed by atoms with Gasteiger partial charge < -0.3 is 14.5 Å². The molecule has 166 valence electrons. The molecule has 3 rings (SSSR count). The molecule has 0 bridgehead atoms. The first-order valence-electron chi connectivity index (χ1n) is 11.5. The van der Waals surface area contributed by atoms with Crippen LogP contribution in [0.5, 0.6) is 5.75 Å². The summed E-state index contributed by atoms with van der Waals surface area (Å²) in [5.41, 5.74) is 2.03. The number of benzene rings is 2. The molecular weight excluding hydrogens is 384 g/mol. The van der Waals surface area contributed by atoms with E-state index in [1.54, 1.807) is 0 Å². The average molecular weight is 421 g/mol. The van der Waals surface area contributed by atoms with Gasteiger partial charge in [0.2, 0.25) is 0 Å². The van der Waals surface area contributed by atoms with Gasteiger partial charge in [-0.25, -0.2) is 9.97 Å². The Morgan fingerprint density at radius 3 is 2.35 bits per heavy atom. The molecule has 5 heteroatoms. The van der Waals surface area contributed by atoms with E-state index < -0.39 is 0 Å². The van der Waals surface area contributed by atoms with Crippen LogP contribution in [0.2, 0.25) is 0 Å². The molecule has 0 saturated carbocycles. The lowest BCUT2D eigenvalue weighted by atomic mass is 10.1. The van der Waals surface area contributed by atoms with Gasteiger partial charge in [0.15, 0.2) is 0 Å². The fraction of sp³-hybridized carbons (Fsp3) is 0.462. The quantitative estimate of drug-likeness (QED) is 0.337. The number of aromatic nitrogens is 2. The first kappa shape index (κ1) is 23.0. The van der Waals surface area contributed by atoms with E-state index in [0.29, 0.717) is 6.61 Å². The summed E-state index contributed by atoms with van der Waals surface area (Å²) in [4.78, 5) is 13.7. The van der Waals surface area contributed by atoms with Gasteiger partial charge >= 0.3 is 0 Å². The maximum atomic E-state index is 5.97. The number of nitrogens with zero attached hydrogens (tertiary/aromatic N) is 4. The van der Waals surface area contributed by atoms with Crippen molar-refractivity contribution in [3.05, 3.63) is 54.4 Å². The number of fused-ring (bicyclic) bond motifs is 1. The van der Waals surface area contributed by atoms with Crippen LogP contribution in [0.25, 0.3) is 10.9 Å². The third-order valence-electron chi connectivity index (χ3n) is 5.62. The highest BCUT2D eigenvalue weighted by molar-refractivity contribution is 5.91. The van der Waals surface area contributed by atoms with E-state index in [0.717, 1.165) is 47.1 Å². The topological polar surface area (TPSA) is 41.5 Å². The van der Waals surface area contributed by atoms with E-state index >= 15 is 0 Å². The molecule has 3 aromatic rings. The van der Waals surface area contributed by atoms with Gasteiger partial charge in [0.1, 0.15) is 24.0 Å². The molecule has 0 radical (unpaired) electrons. The fourth-order valence-electron chi connectivity index (χ4n) is 3.73. The minimum Gasteiger partial charge on any atom is -0.492 e. The van der Waals surface area contributed by atoms with Gasteiger partial charge in [-0.3, -0.25) is 0 Å². The number of hydrogen-bond acceptors (Lipinski definition) is 5. The number of ether oxygens (including phenoxy) is 1. The number of unbranched alkanes of at least 4 members (excludes halogenated alkanes) is 4. The largest absolute Gasteiger partial charge is 0.492 e. The normalized spacial score (nSPS) is 11.3. The summed E-state index contributed by atoms with van der Waals surface area (Å²) in [6.45, 7) is 6.98. The molecule has 0 saturated heterocycles. The predicted molar refractivity (Wildman–Crippen MR) is 131 cm³/mol. The van der Waals surface area contributed by atoms with Crippen LogP contribution in [0.15, 0.2) is 48.5 Å². The van der Waals surface area contributed by atoms with Crippen molar-refractivity contribution in [3.8, 4) is 5.75 Å². The van der Waals surface area contributed by atoms with E-state index in [1.807, 2.05) is 44.3 Å². The Labute approximate surface area is 187 Å². The Morgan fingerprint density at radius 1 is 0.839 bits per heavy atom. The van der Waals surface area contributed by atoms with Crippen LogP contribution in [0.1, 0.15) is 44.9 Å². The SMILES string of the molecule is CCCCCCCN(C)CCOc1ccc(N(C)c2nc(C)nc3ccccc23)cc1. The van der Waals surface area contributed by atoms with Crippen molar-refractivity contribution in [2.45, 2.75) is 46.0 Å². The lowest BCUT2D eigenvalue weighted by Crippen LogP contribution is -2.25. The van der Waals surface area contributed by atoms with Crippen molar-refractivity contribution in [2.75, 3.05) is 38.7 Å². The molecule has 1 heterocycles. The minimum absolute atomic E-state index is 0.705. The van der Waals surface area contributed by atoms with E-state index in [1.165, 1.54) is 32.1 Å². The second kappa shape index (κ2) is 11.7. The number of rotatable bonds is 12. The summed E-state index contributed by atoms with van der Waals surface area (Å²) in [6.07, 6.45) is 6.61. The summed E-state index contributed by atoms with van der Waals surface area (Å²) in [7, 11) is 4.22. The Kier molecular flexibility index (Phi) is 8.65. The maximum absolute atomic E-state index is 5.97. The van der Waals surface area contributed by atoms with Gasteiger partial charge in [0, 0.05) is 24.7 Å². The molecule has 0 N–H and O–H groups in total. The molecule has 0 aliphatic rings. The van der Waals surface area contributed by atoms with E-state index in [9.17, 15) is 0 Å². The molecule has 2 aromatic carbocycles. The van der Waals surface area contributed by atoms with Crippen LogP contribution >= 0.6 is 0 Å². The van der Waals surface area contributed by atoms with Gasteiger partial charge in [0.25, 0.3) is 0 Å². The maximum Gasteiger partial charge on any atom is 0.144 e. The van der Waals surface area contributed by atoms with Crippen molar-refractivity contribution >= 4 is 22.4 Å². The first-order chi connectivity index (χ1) is 15.1. The van der Waals surface area contributed by atoms with Gasteiger partial charge in [0.05, 0.1) is 5.52 Å². The van der Waals surface area contributed by atoms with Crippen LogP contribution < -0.4 is 9.64 Å². The zero-order valence-corrected chi connectivity index (χ0v) is 19.5. The Morgan fingerprint density at radius 2 is 1.58 bits per heavy atom. The van der Waals surface area contributed by atoms with Crippen molar-refractivity contribution in [2.24, 2.45) is 0 Å². The molecule has 0 aliphatic heterocycles. The first-order valence-corrected chi connectivity index (χ1v) is 11.5. The molecule has 1 aromatic heterocycles. The molecule has 0 atom stereocenters. The van der Waals surface area contributed by atoms with Crippen molar-refractivity contribution < 1.29 is 4.74 Å². The van der Waals surface area contributed by atoms with Crippen molar-refractivity contribution in [3.63, 3.8) is 0 Å². The van der Waals surface area contributed by atoms with Crippen LogP contribution in [-0.2, 0) is 0 Å². The zero-order valence-electron chi connectivity index (χ0n) is 19.5. The van der Waals surface area contributed by atoms with E-state index in [-0.39, 0.29) is 0 Å². The van der Waals surface area contributed by atoms with Crippen LogP contribution in [0, 0.1) is 6.92 Å². The van der Waals surface area contributed by atoms with Gasteiger partial charge in [-0.15, -0.1) is 0 Å². The molecular formula is C26H36N4O. The Bertz CT molecular complexity index is 942. The van der Waals surface area contributed by atoms with Gasteiger partial charge in [-0.1, -0.05) is 44.7 Å². The van der Waals surface area contributed by atoms with Crippen molar-refractivity contribution in [1.82, 2.24) is 14.9 Å². The van der Waals surface area contributed by atoms with Crippen LogP contribution in [-0.4, -0.2) is 48.7 Å². The summed E-state index contributed by atoms with van der Waals surface area (Å²) < 4.78 is 5.97. The Balaban J connectivity index is 1.52. The molecule has 0 spiro atoms. The molecule has 5 nitrogen and oxygen atoms in total. The summed E-state index contributed by atoms with van der Waals surface area (Å²) >= 11 is 0. The number of likely N-dealkylation sites (N-methyl/N-ethyl adjacent to an activating group) is 1. The second-order valence-corrected chi connectivity index (χ2v) is 8.23. The third kappa shape index (κ3) is 6.66. The molecule has 0 aliphatic carbocycles. The Hall–Kier alpha value is -2.66. The minimum atomic E-state index is 0.705. The predicted octanol–water partition coefficient (Wildman–Crippen LogP) is 5.99. The standard InChI is InChI=1S/C26H36N4O/c1-5-6-7-8-11-18-29(3)19-20-31-23-16-14-22(15-17-23)30(4)26-24-12-9-10-13-25(24)27-21(2)28-26/h9-10,12-17H,5-8,11,18-20H2,1-4H3. The van der Waals surface area contributed by atoms with Crippen LogP contribution in [0.3, 0.4) is 0 Å². The van der Waals surface area contributed by atoms with Crippen molar-refractivity contribution in [1.29, 1.82) is 0 Å². The number of aryl methyl sites for hydroxylation is 1. The number of para-hydroxylation sites is 1. The molecule has 0 amide bonds. The number of hydrogen-bond donors (Lipinski definition) is 0. The fourth-order valence-corrected chi connectivity index (χ4v) is 3.73. The van der Waals surface area contributed by atoms with E-state index in [4.69, 9.17) is 4.74 Å². The van der Waals surface area contributed by atoms with Gasteiger partial charge in [-0.05, 0) is 63.3 Å². The molecule has 0 unspecified atom stereocenters. The highest BCUT2D eigenvalue weighted by Crippen LogP contribution is 2.29. The monoisotopic (exact) mass is 420 g/mol. The average Bonchev–Trinajstić information content (AvgIpc) is 2.78. The molecule has 0 fully saturated rings. The summed E-state index contributed by atoms with van der Waals surface area (Å²) in [5.74, 6) is 2.59. The smallest absolute Gasteiger partial charge is 0.144 e. The van der Waals surface area contributed by atoms with Gasteiger partial charge in [-0.2, -0.15) is 0 Å². The summed E-state index contributed by atoms with van der Waals surface area (Å²) in [6, 6.07) is 16.4. The third-order valence-corrected chi connectivity index (χ3v) is 5.62. The van der Waals surface area contributed by atoms with E-state index in [2.05, 4.69) is 51.9 Å². The lowest BCUT2D eigenvalue weighted by molar-refractivity contribution is 0.234. The lowest BCUT2D eigenvalue weighted by Gasteiger charge is -2.21. The highest BCUT2D eigenvalue weighted by atomic mass is 16.5. The summed E-state index contributed by atoms with van der Waals surface area (Å²) in [5, 5.41) is 1.05. The highest BCUT2D eigenvalue weighted by Gasteiger charge is 2.12.